The summed E-state index contributed by atoms with van der Waals surface area (Å²) in [5.74, 6) is -0.217. The van der Waals surface area contributed by atoms with E-state index in [1.807, 2.05) is 38.1 Å². The Labute approximate surface area is 155 Å². The van der Waals surface area contributed by atoms with Gasteiger partial charge in [-0.25, -0.2) is 8.42 Å². The highest BCUT2D eigenvalue weighted by molar-refractivity contribution is 7.89. The molecular formula is C20H24N2O3S. The van der Waals surface area contributed by atoms with Gasteiger partial charge in [-0.05, 0) is 62.1 Å². The van der Waals surface area contributed by atoms with Gasteiger partial charge in [0.2, 0.25) is 10.0 Å². The predicted molar refractivity (Wildman–Crippen MR) is 101 cm³/mol. The Hall–Kier alpha value is -2.18. The average molecular weight is 372 g/mol. The Kier molecular flexibility index (Phi) is 5.44. The Balaban J connectivity index is 1.72. The molecule has 0 saturated carbocycles. The molecule has 6 heteroatoms. The van der Waals surface area contributed by atoms with Crippen molar-refractivity contribution in [2.75, 3.05) is 13.1 Å². The molecule has 0 radical (unpaired) electrons. The second kappa shape index (κ2) is 7.60. The lowest BCUT2D eigenvalue weighted by Crippen LogP contribution is -2.28. The van der Waals surface area contributed by atoms with Crippen LogP contribution in [0, 0.1) is 6.92 Å². The number of hydrogen-bond donors (Lipinski definition) is 1. The molecule has 2 aromatic rings. The number of amides is 1. The minimum absolute atomic E-state index is 0.128. The first-order valence-corrected chi connectivity index (χ1v) is 10.3. The van der Waals surface area contributed by atoms with Gasteiger partial charge in [0.25, 0.3) is 5.91 Å². The monoisotopic (exact) mass is 372 g/mol. The molecule has 138 valence electrons. The summed E-state index contributed by atoms with van der Waals surface area (Å²) < 4.78 is 26.6. The quantitative estimate of drug-likeness (QED) is 0.876. The maximum Gasteiger partial charge on any atom is 0.251 e. The molecule has 0 aliphatic carbocycles. The standard InChI is InChI=1S/C20H24N2O3S/c1-15-7-3-4-8-19(15)16(2)21-20(23)17-9-11-18(12-10-17)26(24,25)22-13-5-6-14-22/h3-4,7-12,16H,5-6,13-14H2,1-2H3,(H,21,23)/t16-/m0/s1. The van der Waals surface area contributed by atoms with Crippen molar-refractivity contribution in [2.45, 2.75) is 37.6 Å². The van der Waals surface area contributed by atoms with Gasteiger partial charge in [0, 0.05) is 18.7 Å². The normalized spacial score (nSPS) is 16.4. The minimum atomic E-state index is -3.45. The molecule has 0 aromatic heterocycles. The van der Waals surface area contributed by atoms with Crippen molar-refractivity contribution in [3.05, 3.63) is 65.2 Å². The summed E-state index contributed by atoms with van der Waals surface area (Å²) in [5.41, 5.74) is 2.63. The molecule has 1 N–H and O–H groups in total. The van der Waals surface area contributed by atoms with Crippen molar-refractivity contribution in [2.24, 2.45) is 0 Å². The summed E-state index contributed by atoms with van der Waals surface area (Å²) in [6, 6.07) is 14.0. The van der Waals surface area contributed by atoms with Gasteiger partial charge < -0.3 is 5.32 Å². The number of nitrogens with one attached hydrogen (secondary N) is 1. The lowest BCUT2D eigenvalue weighted by molar-refractivity contribution is 0.0939. The first-order chi connectivity index (χ1) is 12.4. The third-order valence-electron chi connectivity index (χ3n) is 4.82. The van der Waals surface area contributed by atoms with Crippen LogP contribution >= 0.6 is 0 Å². The molecule has 1 fully saturated rings. The summed E-state index contributed by atoms with van der Waals surface area (Å²) in [6.07, 6.45) is 1.80. The third-order valence-corrected chi connectivity index (χ3v) is 6.73. The smallest absolute Gasteiger partial charge is 0.251 e. The van der Waals surface area contributed by atoms with Gasteiger partial charge in [-0.1, -0.05) is 24.3 Å². The fourth-order valence-corrected chi connectivity index (χ4v) is 4.80. The predicted octanol–water partition coefficient (Wildman–Crippen LogP) is 3.27. The number of carbonyl (C=O) groups is 1. The molecule has 5 nitrogen and oxygen atoms in total. The van der Waals surface area contributed by atoms with E-state index in [4.69, 9.17) is 0 Å². The van der Waals surface area contributed by atoms with E-state index in [-0.39, 0.29) is 16.8 Å². The van der Waals surface area contributed by atoms with Crippen LogP contribution < -0.4 is 5.32 Å². The summed E-state index contributed by atoms with van der Waals surface area (Å²) in [4.78, 5) is 12.7. The number of rotatable bonds is 5. The number of hydrogen-bond acceptors (Lipinski definition) is 3. The molecule has 26 heavy (non-hydrogen) atoms. The van der Waals surface area contributed by atoms with Crippen LogP contribution in [0.2, 0.25) is 0 Å². The van der Waals surface area contributed by atoms with Crippen LogP contribution in [-0.2, 0) is 10.0 Å². The average Bonchev–Trinajstić information content (AvgIpc) is 3.17. The Morgan fingerprint density at radius 2 is 1.65 bits per heavy atom. The van der Waals surface area contributed by atoms with E-state index >= 15 is 0 Å². The van der Waals surface area contributed by atoms with E-state index in [2.05, 4.69) is 5.32 Å². The van der Waals surface area contributed by atoms with Gasteiger partial charge >= 0.3 is 0 Å². The van der Waals surface area contributed by atoms with Gasteiger partial charge in [-0.15, -0.1) is 0 Å². The maximum atomic E-state index is 12.5. The molecule has 3 rings (SSSR count). The Morgan fingerprint density at radius 1 is 1.04 bits per heavy atom. The zero-order valence-corrected chi connectivity index (χ0v) is 15.9. The summed E-state index contributed by atoms with van der Waals surface area (Å²) >= 11 is 0. The van der Waals surface area contributed by atoms with Crippen LogP contribution in [0.1, 0.15) is 47.3 Å². The SMILES string of the molecule is Cc1ccccc1[C@H](C)NC(=O)c1ccc(S(=O)(=O)N2CCCC2)cc1. The summed E-state index contributed by atoms with van der Waals surface area (Å²) in [7, 11) is -3.45. The van der Waals surface area contributed by atoms with Crippen molar-refractivity contribution in [3.63, 3.8) is 0 Å². The summed E-state index contributed by atoms with van der Waals surface area (Å²) in [5, 5.41) is 2.97. The van der Waals surface area contributed by atoms with Gasteiger partial charge in [-0.2, -0.15) is 4.31 Å². The van der Waals surface area contributed by atoms with E-state index in [1.165, 1.54) is 16.4 Å². The molecule has 1 aliphatic rings. The molecule has 1 saturated heterocycles. The number of nitrogens with zero attached hydrogens (tertiary/aromatic N) is 1. The van der Waals surface area contributed by atoms with Crippen molar-refractivity contribution >= 4 is 15.9 Å². The Morgan fingerprint density at radius 3 is 2.27 bits per heavy atom. The largest absolute Gasteiger partial charge is 0.346 e. The molecule has 0 spiro atoms. The molecule has 1 heterocycles. The van der Waals surface area contributed by atoms with Crippen molar-refractivity contribution in [1.82, 2.24) is 9.62 Å². The van der Waals surface area contributed by atoms with Crippen molar-refractivity contribution < 1.29 is 13.2 Å². The van der Waals surface area contributed by atoms with Crippen LogP contribution in [0.5, 0.6) is 0 Å². The fourth-order valence-electron chi connectivity index (χ4n) is 3.29. The molecular weight excluding hydrogens is 348 g/mol. The van der Waals surface area contributed by atoms with E-state index in [1.54, 1.807) is 12.1 Å². The van der Waals surface area contributed by atoms with Gasteiger partial charge in [0.15, 0.2) is 0 Å². The zero-order valence-electron chi connectivity index (χ0n) is 15.1. The molecule has 1 atom stereocenters. The molecule has 1 aliphatic heterocycles. The van der Waals surface area contributed by atoms with Crippen LogP contribution in [0.3, 0.4) is 0 Å². The highest BCUT2D eigenvalue weighted by atomic mass is 32.2. The Bertz CT molecular complexity index is 886. The van der Waals surface area contributed by atoms with E-state index in [0.717, 1.165) is 24.0 Å². The molecule has 0 bridgehead atoms. The fraction of sp³-hybridized carbons (Fsp3) is 0.350. The van der Waals surface area contributed by atoms with E-state index < -0.39 is 10.0 Å². The van der Waals surface area contributed by atoms with Crippen molar-refractivity contribution in [3.8, 4) is 0 Å². The lowest BCUT2D eigenvalue weighted by atomic mass is 10.0. The minimum Gasteiger partial charge on any atom is -0.346 e. The van der Waals surface area contributed by atoms with Crippen LogP contribution in [0.25, 0.3) is 0 Å². The molecule has 2 aromatic carbocycles. The number of aryl methyl sites for hydroxylation is 1. The zero-order chi connectivity index (χ0) is 18.7. The molecule has 0 unspecified atom stereocenters. The first kappa shape index (κ1) is 18.6. The summed E-state index contributed by atoms with van der Waals surface area (Å²) in [6.45, 7) is 5.08. The molecule has 1 amide bonds. The van der Waals surface area contributed by atoms with Crippen LogP contribution in [0.15, 0.2) is 53.4 Å². The van der Waals surface area contributed by atoms with Crippen LogP contribution in [-0.4, -0.2) is 31.7 Å². The maximum absolute atomic E-state index is 12.5. The van der Waals surface area contributed by atoms with E-state index in [0.29, 0.717) is 18.7 Å². The highest BCUT2D eigenvalue weighted by Crippen LogP contribution is 2.22. The van der Waals surface area contributed by atoms with Gasteiger partial charge in [0.1, 0.15) is 0 Å². The second-order valence-corrected chi connectivity index (χ2v) is 8.63. The van der Waals surface area contributed by atoms with Gasteiger partial charge in [0.05, 0.1) is 10.9 Å². The lowest BCUT2D eigenvalue weighted by Gasteiger charge is -2.17. The van der Waals surface area contributed by atoms with Crippen LogP contribution in [0.4, 0.5) is 0 Å². The highest BCUT2D eigenvalue weighted by Gasteiger charge is 2.27. The third kappa shape index (κ3) is 3.81. The number of sulfonamides is 1. The topological polar surface area (TPSA) is 66.5 Å². The van der Waals surface area contributed by atoms with Crippen molar-refractivity contribution in [1.29, 1.82) is 0 Å². The second-order valence-electron chi connectivity index (χ2n) is 6.69. The number of carbonyl (C=O) groups excluding carboxylic acids is 1. The van der Waals surface area contributed by atoms with E-state index in [9.17, 15) is 13.2 Å². The number of benzene rings is 2. The van der Waals surface area contributed by atoms with Gasteiger partial charge in [-0.3, -0.25) is 4.79 Å². The first-order valence-electron chi connectivity index (χ1n) is 8.86.